The lowest BCUT2D eigenvalue weighted by atomic mass is 10.1. The van der Waals surface area contributed by atoms with Crippen molar-refractivity contribution in [2.24, 2.45) is 0 Å². The Kier molecular flexibility index (Phi) is 4.88. The molecule has 3 aromatic rings. The summed E-state index contributed by atoms with van der Waals surface area (Å²) in [6.45, 7) is 0.483. The van der Waals surface area contributed by atoms with Gasteiger partial charge in [0.05, 0.1) is 5.69 Å². The van der Waals surface area contributed by atoms with Crippen molar-refractivity contribution in [3.05, 3.63) is 83.7 Å². The normalized spacial score (nSPS) is 10.7. The predicted molar refractivity (Wildman–Crippen MR) is 90.6 cm³/mol. The number of hydrogen-bond donors (Lipinski definition) is 0. The van der Waals surface area contributed by atoms with Crippen LogP contribution in [0.15, 0.2) is 60.8 Å². The van der Waals surface area contributed by atoms with Crippen LogP contribution in [0.4, 0.5) is 8.78 Å². The minimum atomic E-state index is -0.364. The third-order valence-corrected chi connectivity index (χ3v) is 3.88. The highest BCUT2D eigenvalue weighted by Crippen LogP contribution is 2.11. The van der Waals surface area contributed by atoms with Crippen molar-refractivity contribution in [1.29, 1.82) is 0 Å². The monoisotopic (exact) mass is 341 g/mol. The van der Waals surface area contributed by atoms with E-state index in [1.165, 1.54) is 28.9 Å². The second kappa shape index (κ2) is 7.25. The molecule has 0 aliphatic carbocycles. The first-order valence-electron chi connectivity index (χ1n) is 7.84. The molecule has 0 N–H and O–H groups in total. The summed E-state index contributed by atoms with van der Waals surface area (Å²) in [5.74, 6) is -0.870. The molecule has 0 atom stereocenters. The van der Waals surface area contributed by atoms with Crippen LogP contribution < -0.4 is 0 Å². The third-order valence-electron chi connectivity index (χ3n) is 3.88. The molecule has 0 fully saturated rings. The average Bonchev–Trinajstić information content (AvgIpc) is 3.10. The number of carbonyl (C=O) groups excluding carboxylic acids is 1. The summed E-state index contributed by atoms with van der Waals surface area (Å²) in [4.78, 5) is 14.0. The van der Waals surface area contributed by atoms with Crippen LogP contribution in [0.3, 0.4) is 0 Å². The Morgan fingerprint density at radius 1 is 1.08 bits per heavy atom. The van der Waals surface area contributed by atoms with Crippen molar-refractivity contribution in [1.82, 2.24) is 14.7 Å². The van der Waals surface area contributed by atoms with Gasteiger partial charge in [0.25, 0.3) is 5.91 Å². The van der Waals surface area contributed by atoms with Crippen LogP contribution in [0, 0.1) is 11.6 Å². The van der Waals surface area contributed by atoms with Gasteiger partial charge in [0, 0.05) is 19.8 Å². The summed E-state index contributed by atoms with van der Waals surface area (Å²) in [6, 6.07) is 13.8. The maximum Gasteiger partial charge on any atom is 0.274 e. The highest BCUT2D eigenvalue weighted by molar-refractivity contribution is 5.92. The maximum atomic E-state index is 13.3. The molecule has 3 rings (SSSR count). The molecular formula is C19H17F2N3O. The zero-order valence-corrected chi connectivity index (χ0v) is 13.7. The van der Waals surface area contributed by atoms with Gasteiger partial charge in [-0.15, -0.1) is 0 Å². The van der Waals surface area contributed by atoms with Gasteiger partial charge in [-0.3, -0.25) is 4.79 Å². The van der Waals surface area contributed by atoms with Gasteiger partial charge in [0.15, 0.2) is 5.69 Å². The first kappa shape index (κ1) is 16.8. The fourth-order valence-electron chi connectivity index (χ4n) is 2.45. The predicted octanol–water partition coefficient (Wildman–Crippen LogP) is 3.47. The number of amides is 1. The van der Waals surface area contributed by atoms with Crippen molar-refractivity contribution < 1.29 is 13.6 Å². The lowest BCUT2D eigenvalue weighted by Gasteiger charge is -2.15. The van der Waals surface area contributed by atoms with Crippen molar-refractivity contribution in [2.75, 3.05) is 13.6 Å². The first-order valence-corrected chi connectivity index (χ1v) is 7.84. The molecule has 0 unspecified atom stereocenters. The van der Waals surface area contributed by atoms with E-state index in [0.29, 0.717) is 18.7 Å². The van der Waals surface area contributed by atoms with Crippen molar-refractivity contribution in [2.45, 2.75) is 6.42 Å². The second-order valence-electron chi connectivity index (χ2n) is 5.73. The minimum absolute atomic E-state index is 0.225. The van der Waals surface area contributed by atoms with Crippen molar-refractivity contribution in [3.8, 4) is 5.69 Å². The van der Waals surface area contributed by atoms with Crippen LogP contribution in [0.25, 0.3) is 5.69 Å². The van der Waals surface area contributed by atoms with Gasteiger partial charge in [-0.1, -0.05) is 18.2 Å². The number of benzene rings is 2. The molecule has 2 aromatic carbocycles. The SMILES string of the molecule is CN(CCc1ccc(F)cc1)C(=O)c1ccn(-c2cccc(F)c2)n1. The van der Waals surface area contributed by atoms with Gasteiger partial charge in [-0.05, 0) is 48.4 Å². The molecule has 1 aromatic heterocycles. The Balaban J connectivity index is 1.65. The highest BCUT2D eigenvalue weighted by Gasteiger charge is 2.15. The zero-order valence-electron chi connectivity index (χ0n) is 13.7. The Hall–Kier alpha value is -3.02. The summed E-state index contributed by atoms with van der Waals surface area (Å²) < 4.78 is 27.7. The number of likely N-dealkylation sites (N-methyl/N-ethyl adjacent to an activating group) is 1. The number of rotatable bonds is 5. The second-order valence-corrected chi connectivity index (χ2v) is 5.73. The molecule has 0 aliphatic heterocycles. The Morgan fingerprint density at radius 2 is 1.84 bits per heavy atom. The van der Waals surface area contributed by atoms with Gasteiger partial charge in [-0.2, -0.15) is 5.10 Å². The molecule has 0 bridgehead atoms. The maximum absolute atomic E-state index is 13.3. The number of hydrogen-bond acceptors (Lipinski definition) is 2. The lowest BCUT2D eigenvalue weighted by molar-refractivity contribution is 0.0790. The summed E-state index contributed by atoms with van der Waals surface area (Å²) in [5.41, 5.74) is 1.78. The van der Waals surface area contributed by atoms with E-state index in [1.54, 1.807) is 48.5 Å². The van der Waals surface area contributed by atoms with Crippen LogP contribution in [-0.4, -0.2) is 34.2 Å². The molecule has 25 heavy (non-hydrogen) atoms. The van der Waals surface area contributed by atoms with Gasteiger partial charge in [0.2, 0.25) is 0 Å². The molecule has 6 heteroatoms. The topological polar surface area (TPSA) is 38.1 Å². The Bertz CT molecular complexity index is 874. The van der Waals surface area contributed by atoms with Crippen LogP contribution in [0.2, 0.25) is 0 Å². The Labute approximate surface area is 144 Å². The largest absolute Gasteiger partial charge is 0.340 e. The number of halogens is 2. The van der Waals surface area contributed by atoms with Crippen molar-refractivity contribution >= 4 is 5.91 Å². The number of nitrogens with zero attached hydrogens (tertiary/aromatic N) is 3. The van der Waals surface area contributed by atoms with E-state index >= 15 is 0 Å². The van der Waals surface area contributed by atoms with Crippen LogP contribution in [0.1, 0.15) is 16.1 Å². The van der Waals surface area contributed by atoms with Crippen LogP contribution in [-0.2, 0) is 6.42 Å². The fourth-order valence-corrected chi connectivity index (χ4v) is 2.45. The molecule has 4 nitrogen and oxygen atoms in total. The van der Waals surface area contributed by atoms with Crippen LogP contribution >= 0.6 is 0 Å². The molecule has 0 radical (unpaired) electrons. The summed E-state index contributed by atoms with van der Waals surface area (Å²) in [6.07, 6.45) is 2.24. The van der Waals surface area contributed by atoms with E-state index in [2.05, 4.69) is 5.10 Å². The zero-order chi connectivity index (χ0) is 17.8. The van der Waals surface area contributed by atoms with E-state index in [-0.39, 0.29) is 23.2 Å². The molecular weight excluding hydrogens is 324 g/mol. The minimum Gasteiger partial charge on any atom is -0.340 e. The molecule has 0 saturated carbocycles. The fraction of sp³-hybridized carbons (Fsp3) is 0.158. The van der Waals surface area contributed by atoms with Gasteiger partial charge in [-0.25, -0.2) is 13.5 Å². The summed E-state index contributed by atoms with van der Waals surface area (Å²) in [7, 11) is 1.69. The smallest absolute Gasteiger partial charge is 0.274 e. The summed E-state index contributed by atoms with van der Waals surface area (Å²) in [5, 5.41) is 4.22. The van der Waals surface area contributed by atoms with E-state index in [0.717, 1.165) is 5.56 Å². The molecule has 1 amide bonds. The van der Waals surface area contributed by atoms with E-state index < -0.39 is 0 Å². The third kappa shape index (κ3) is 4.09. The lowest BCUT2D eigenvalue weighted by Crippen LogP contribution is -2.29. The van der Waals surface area contributed by atoms with E-state index in [9.17, 15) is 13.6 Å². The molecule has 0 saturated heterocycles. The average molecular weight is 341 g/mol. The number of carbonyl (C=O) groups is 1. The van der Waals surface area contributed by atoms with Crippen molar-refractivity contribution in [3.63, 3.8) is 0 Å². The van der Waals surface area contributed by atoms with Gasteiger partial charge < -0.3 is 4.90 Å². The highest BCUT2D eigenvalue weighted by atomic mass is 19.1. The number of aromatic nitrogens is 2. The molecule has 128 valence electrons. The van der Waals surface area contributed by atoms with Gasteiger partial charge >= 0.3 is 0 Å². The Morgan fingerprint density at radius 3 is 2.56 bits per heavy atom. The molecule has 1 heterocycles. The molecule has 0 spiro atoms. The quantitative estimate of drug-likeness (QED) is 0.713. The molecule has 0 aliphatic rings. The van der Waals surface area contributed by atoms with E-state index in [4.69, 9.17) is 0 Å². The van der Waals surface area contributed by atoms with E-state index in [1.807, 2.05) is 0 Å². The first-order chi connectivity index (χ1) is 12.0. The van der Waals surface area contributed by atoms with Crippen LogP contribution in [0.5, 0.6) is 0 Å². The standard InChI is InChI=1S/C19H17F2N3O/c1-23(11-9-14-5-7-15(20)8-6-14)19(25)18-10-12-24(22-18)17-4-2-3-16(21)13-17/h2-8,10,12-13H,9,11H2,1H3. The summed E-state index contributed by atoms with van der Waals surface area (Å²) >= 11 is 0. The van der Waals surface area contributed by atoms with Gasteiger partial charge in [0.1, 0.15) is 11.6 Å².